The molecule has 3 aromatic rings. The number of H-pyrrole nitrogens is 1. The molecular weight excluding hydrogens is 304 g/mol. The van der Waals surface area contributed by atoms with Crippen LogP contribution in [-0.2, 0) is 6.54 Å². The maximum absolute atomic E-state index is 12.8. The fraction of sp³-hybridized carbons (Fsp3) is 0.176. The van der Waals surface area contributed by atoms with E-state index in [1.54, 1.807) is 4.57 Å². The molecule has 0 unspecified atom stereocenters. The number of aryl methyl sites for hydroxylation is 2. The number of aromatic amines is 1. The van der Waals surface area contributed by atoms with Crippen LogP contribution >= 0.6 is 0 Å². The molecule has 0 aliphatic heterocycles. The highest BCUT2D eigenvalue weighted by Crippen LogP contribution is 2.26. The number of hydrogen-bond donors (Lipinski definition) is 4. The second kappa shape index (κ2) is 6.11. The van der Waals surface area contributed by atoms with E-state index in [0.717, 1.165) is 16.5 Å². The third-order valence-electron chi connectivity index (χ3n) is 4.11. The number of allylic oxidation sites excluding steroid dienone is 1. The van der Waals surface area contributed by atoms with Crippen LogP contribution in [0.1, 0.15) is 17.7 Å². The summed E-state index contributed by atoms with van der Waals surface area (Å²) in [6.45, 7) is 2.25. The van der Waals surface area contributed by atoms with Gasteiger partial charge in [0.25, 0.3) is 5.56 Å². The number of benzene rings is 1. The van der Waals surface area contributed by atoms with E-state index in [2.05, 4.69) is 10.2 Å². The minimum atomic E-state index is -0.111. The molecule has 0 saturated heterocycles. The van der Waals surface area contributed by atoms with Crippen LogP contribution < -0.4 is 11.3 Å². The quantitative estimate of drug-likeness (QED) is 0.538. The molecule has 0 amide bonds. The lowest BCUT2D eigenvalue weighted by Crippen LogP contribution is -2.21. The Bertz CT molecular complexity index is 1040. The second-order valence-corrected chi connectivity index (χ2v) is 5.52. The number of nitrogens with zero attached hydrogens (tertiary/aromatic N) is 2. The summed E-state index contributed by atoms with van der Waals surface area (Å²) in [5.74, 6) is 0. The predicted molar refractivity (Wildman–Crippen MR) is 96.9 cm³/mol. The van der Waals surface area contributed by atoms with E-state index >= 15 is 0 Å². The van der Waals surface area contributed by atoms with Gasteiger partial charge in [-0.15, -0.1) is 0 Å². The molecule has 7 nitrogen and oxygen atoms in total. The van der Waals surface area contributed by atoms with Crippen LogP contribution in [0.15, 0.2) is 29.2 Å². The van der Waals surface area contributed by atoms with Gasteiger partial charge in [-0.3, -0.25) is 9.89 Å². The molecule has 1 aromatic carbocycles. The molecule has 0 aliphatic rings. The van der Waals surface area contributed by atoms with Crippen molar-refractivity contribution in [2.75, 3.05) is 0 Å². The van der Waals surface area contributed by atoms with Gasteiger partial charge in [-0.05, 0) is 30.8 Å². The van der Waals surface area contributed by atoms with Gasteiger partial charge in [-0.2, -0.15) is 5.10 Å². The normalized spacial score (nSPS) is 12.0. The van der Waals surface area contributed by atoms with Crippen LogP contribution in [0.25, 0.3) is 27.4 Å². The van der Waals surface area contributed by atoms with E-state index in [9.17, 15) is 4.79 Å². The maximum atomic E-state index is 12.8. The van der Waals surface area contributed by atoms with Gasteiger partial charge in [-0.25, -0.2) is 0 Å². The van der Waals surface area contributed by atoms with Crippen LogP contribution in [0.5, 0.6) is 0 Å². The molecule has 0 spiro atoms. The van der Waals surface area contributed by atoms with Crippen molar-refractivity contribution in [2.24, 2.45) is 5.73 Å². The molecule has 2 aromatic heterocycles. The van der Waals surface area contributed by atoms with Gasteiger partial charge in [0.05, 0.1) is 10.9 Å². The highest BCUT2D eigenvalue weighted by atomic mass is 16.1. The maximum Gasteiger partial charge on any atom is 0.262 e. The molecule has 0 atom stereocenters. The highest BCUT2D eigenvalue weighted by Gasteiger charge is 2.15. The van der Waals surface area contributed by atoms with Crippen molar-refractivity contribution in [3.8, 4) is 0 Å². The summed E-state index contributed by atoms with van der Waals surface area (Å²) in [5, 5.41) is 23.2. The summed E-state index contributed by atoms with van der Waals surface area (Å²) in [6, 6.07) is 5.56. The second-order valence-electron chi connectivity index (χ2n) is 5.52. The van der Waals surface area contributed by atoms with Crippen molar-refractivity contribution in [3.63, 3.8) is 0 Å². The van der Waals surface area contributed by atoms with E-state index in [4.69, 9.17) is 16.6 Å². The molecule has 0 saturated carbocycles. The molecule has 0 radical (unpaired) electrons. The molecule has 3 rings (SSSR count). The van der Waals surface area contributed by atoms with Crippen LogP contribution in [0.4, 0.5) is 0 Å². The minimum Gasteiger partial charge on any atom is -0.404 e. The van der Waals surface area contributed by atoms with Crippen LogP contribution in [0, 0.1) is 17.7 Å². The van der Waals surface area contributed by atoms with Gasteiger partial charge in [0.2, 0.25) is 0 Å². The number of aromatic nitrogens is 3. The zero-order valence-electron chi connectivity index (χ0n) is 13.3. The van der Waals surface area contributed by atoms with Crippen LogP contribution in [0.2, 0.25) is 0 Å². The first-order valence-corrected chi connectivity index (χ1v) is 7.55. The Labute approximate surface area is 137 Å². The molecule has 0 aliphatic carbocycles. The first-order chi connectivity index (χ1) is 11.6. The fourth-order valence-corrected chi connectivity index (χ4v) is 2.91. The Kier molecular flexibility index (Phi) is 3.99. The first kappa shape index (κ1) is 15.7. The molecule has 0 bridgehead atoms. The van der Waals surface area contributed by atoms with E-state index in [1.807, 2.05) is 25.1 Å². The number of nitrogens with two attached hydrogens (primary N) is 1. The van der Waals surface area contributed by atoms with Gasteiger partial charge in [-0.1, -0.05) is 6.07 Å². The van der Waals surface area contributed by atoms with Gasteiger partial charge in [0, 0.05) is 42.0 Å². The zero-order valence-corrected chi connectivity index (χ0v) is 13.3. The molecule has 122 valence electrons. The SMILES string of the molecule is Cc1[nH]nc2c1c(=O)n(CCC=N)c1ccc(/C(C=N)=C/N)cc21. The number of pyridine rings is 1. The topological polar surface area (TPSA) is 124 Å². The lowest BCUT2D eigenvalue weighted by molar-refractivity contribution is 0.733. The van der Waals surface area contributed by atoms with E-state index in [1.165, 1.54) is 18.6 Å². The number of fused-ring (bicyclic) bond motifs is 3. The number of nitrogens with one attached hydrogen (secondary N) is 3. The Morgan fingerprint density at radius 3 is 2.88 bits per heavy atom. The average Bonchev–Trinajstić information content (AvgIpc) is 2.98. The smallest absolute Gasteiger partial charge is 0.262 e. The van der Waals surface area contributed by atoms with Crippen molar-refractivity contribution >= 4 is 39.8 Å². The summed E-state index contributed by atoms with van der Waals surface area (Å²) < 4.78 is 1.67. The standard InChI is InChI=1S/C17H18N6O/c1-10-15-16(22-21-10)13-7-11(12(8-19)9-20)3-4-14(13)23(17(15)24)6-2-5-18/h3-5,7-9,18-19H,2,6,20H2,1H3,(H,21,22)/b12-9+,18-5?,19-8?. The van der Waals surface area contributed by atoms with Gasteiger partial charge < -0.3 is 21.1 Å². The van der Waals surface area contributed by atoms with E-state index in [0.29, 0.717) is 35.1 Å². The summed E-state index contributed by atoms with van der Waals surface area (Å²) >= 11 is 0. The van der Waals surface area contributed by atoms with Crippen molar-refractivity contribution < 1.29 is 0 Å². The number of hydrogen-bond acceptors (Lipinski definition) is 5. The van der Waals surface area contributed by atoms with Crippen LogP contribution in [-0.4, -0.2) is 27.2 Å². The average molecular weight is 322 g/mol. The van der Waals surface area contributed by atoms with Crippen molar-refractivity contribution in [1.29, 1.82) is 10.8 Å². The predicted octanol–water partition coefficient (Wildman–Crippen LogP) is 2.18. The van der Waals surface area contributed by atoms with E-state index < -0.39 is 0 Å². The first-order valence-electron chi connectivity index (χ1n) is 7.55. The Hall–Kier alpha value is -3.22. The minimum absolute atomic E-state index is 0.111. The fourth-order valence-electron chi connectivity index (χ4n) is 2.91. The van der Waals surface area contributed by atoms with Crippen LogP contribution in [0.3, 0.4) is 0 Å². The molecular formula is C17H18N6O. The summed E-state index contributed by atoms with van der Waals surface area (Å²) in [5.41, 5.74) is 8.94. The van der Waals surface area contributed by atoms with E-state index in [-0.39, 0.29) is 5.56 Å². The Balaban J connectivity index is 2.43. The molecule has 5 N–H and O–H groups in total. The molecule has 7 heteroatoms. The lowest BCUT2D eigenvalue weighted by atomic mass is 10.0. The third-order valence-corrected chi connectivity index (χ3v) is 4.11. The highest BCUT2D eigenvalue weighted by molar-refractivity contribution is 6.11. The summed E-state index contributed by atoms with van der Waals surface area (Å²) in [4.78, 5) is 12.8. The Morgan fingerprint density at radius 1 is 1.42 bits per heavy atom. The third kappa shape index (κ3) is 2.30. The van der Waals surface area contributed by atoms with Crippen molar-refractivity contribution in [2.45, 2.75) is 19.9 Å². The zero-order chi connectivity index (χ0) is 17.3. The number of rotatable bonds is 5. The molecule has 0 fully saturated rings. The largest absolute Gasteiger partial charge is 0.404 e. The summed E-state index contributed by atoms with van der Waals surface area (Å²) in [6.07, 6.45) is 4.35. The van der Waals surface area contributed by atoms with Gasteiger partial charge in [0.1, 0.15) is 5.52 Å². The van der Waals surface area contributed by atoms with Crippen molar-refractivity contribution in [1.82, 2.24) is 14.8 Å². The molecule has 2 heterocycles. The summed E-state index contributed by atoms with van der Waals surface area (Å²) in [7, 11) is 0. The lowest BCUT2D eigenvalue weighted by Gasteiger charge is -2.12. The monoisotopic (exact) mass is 322 g/mol. The van der Waals surface area contributed by atoms with Crippen molar-refractivity contribution in [3.05, 3.63) is 46.0 Å². The van der Waals surface area contributed by atoms with Gasteiger partial charge in [0.15, 0.2) is 0 Å². The Morgan fingerprint density at radius 2 is 2.21 bits per heavy atom. The van der Waals surface area contributed by atoms with Gasteiger partial charge >= 0.3 is 0 Å². The molecule has 24 heavy (non-hydrogen) atoms.